The Balaban J connectivity index is 1.28. The van der Waals surface area contributed by atoms with Gasteiger partial charge in [-0.05, 0) is 37.1 Å². The van der Waals surface area contributed by atoms with Crippen LogP contribution in [0.3, 0.4) is 0 Å². The minimum Gasteiger partial charge on any atom is -0.495 e. The van der Waals surface area contributed by atoms with Gasteiger partial charge in [-0.15, -0.1) is 0 Å². The maximum Gasteiger partial charge on any atom is 0.256 e. The van der Waals surface area contributed by atoms with Crippen molar-refractivity contribution in [1.29, 1.82) is 0 Å². The van der Waals surface area contributed by atoms with E-state index >= 15 is 0 Å². The molecule has 0 aliphatic carbocycles. The summed E-state index contributed by atoms with van der Waals surface area (Å²) in [6, 6.07) is 12.7. The molecule has 8 nitrogen and oxygen atoms in total. The molecule has 3 aliphatic heterocycles. The summed E-state index contributed by atoms with van der Waals surface area (Å²) in [6.07, 6.45) is 7.06. The molecule has 2 aromatic heterocycles. The maximum absolute atomic E-state index is 13.5. The van der Waals surface area contributed by atoms with Crippen molar-refractivity contribution in [2.75, 3.05) is 12.0 Å². The highest BCUT2D eigenvalue weighted by atomic mass is 16.5. The molecule has 6 rings (SSSR count). The number of hydrogen-bond donors (Lipinski definition) is 0. The van der Waals surface area contributed by atoms with Crippen LogP contribution in [-0.2, 0) is 0 Å². The van der Waals surface area contributed by atoms with E-state index < -0.39 is 0 Å². The topological polar surface area (TPSA) is 76.2 Å². The molecule has 146 valence electrons. The molecule has 0 spiro atoms. The summed E-state index contributed by atoms with van der Waals surface area (Å²) in [5, 5.41) is 8.41. The second-order valence-corrected chi connectivity index (χ2v) is 7.70. The highest BCUT2D eigenvalue weighted by molar-refractivity contribution is 5.99. The van der Waals surface area contributed by atoms with Crippen LogP contribution in [-0.4, -0.2) is 62.1 Å². The van der Waals surface area contributed by atoms with Gasteiger partial charge in [0.2, 0.25) is 0 Å². The first kappa shape index (κ1) is 16.5. The number of amides is 1. The standard InChI is InChI=1S/C21H20N6O2/c1-29-13-6-9-18(22-12-13)26-19-16-7-8-17(20(19)26)25(16)21(28)14-4-2-3-5-15(14)27-23-10-11-24-27/h2-6,9-12,16-17,19-20H,7-8H2,1H3. The van der Waals surface area contributed by atoms with Crippen molar-refractivity contribution in [3.8, 4) is 11.4 Å². The van der Waals surface area contributed by atoms with Crippen molar-refractivity contribution in [3.05, 3.63) is 60.6 Å². The number of benzene rings is 1. The van der Waals surface area contributed by atoms with Gasteiger partial charge < -0.3 is 14.5 Å². The molecule has 3 aliphatic rings. The van der Waals surface area contributed by atoms with Crippen molar-refractivity contribution in [2.24, 2.45) is 0 Å². The van der Waals surface area contributed by atoms with Gasteiger partial charge in [-0.3, -0.25) is 4.79 Å². The van der Waals surface area contributed by atoms with Crippen LogP contribution in [0.2, 0.25) is 0 Å². The summed E-state index contributed by atoms with van der Waals surface area (Å²) >= 11 is 0. The van der Waals surface area contributed by atoms with E-state index in [1.54, 1.807) is 25.7 Å². The molecule has 0 saturated carbocycles. The third-order valence-corrected chi connectivity index (χ3v) is 6.39. The minimum atomic E-state index is 0.0697. The molecule has 5 heterocycles. The Hall–Kier alpha value is -3.42. The normalized spacial score (nSPS) is 26.5. The first-order chi connectivity index (χ1) is 14.3. The first-order valence-corrected chi connectivity index (χ1v) is 9.84. The molecular weight excluding hydrogens is 368 g/mol. The van der Waals surface area contributed by atoms with E-state index in [9.17, 15) is 4.79 Å². The largest absolute Gasteiger partial charge is 0.495 e. The Bertz CT molecular complexity index is 1050. The third kappa shape index (κ3) is 2.31. The zero-order chi connectivity index (χ0) is 19.5. The quantitative estimate of drug-likeness (QED) is 0.636. The SMILES string of the molecule is COc1ccc(N2C3C4CCC(C32)N4C(=O)c2ccccc2-n2nccn2)nc1. The fourth-order valence-electron chi connectivity index (χ4n) is 5.19. The van der Waals surface area contributed by atoms with Gasteiger partial charge in [-0.2, -0.15) is 15.0 Å². The summed E-state index contributed by atoms with van der Waals surface area (Å²) in [6.45, 7) is 0. The number of anilines is 1. The number of ether oxygens (including phenoxy) is 1. The number of para-hydroxylation sites is 1. The maximum atomic E-state index is 13.5. The van der Waals surface area contributed by atoms with Crippen LogP contribution >= 0.6 is 0 Å². The first-order valence-electron chi connectivity index (χ1n) is 9.84. The summed E-state index contributed by atoms with van der Waals surface area (Å²) in [5.74, 6) is 1.79. The lowest BCUT2D eigenvalue weighted by Gasteiger charge is -2.28. The zero-order valence-electron chi connectivity index (χ0n) is 15.9. The van der Waals surface area contributed by atoms with Gasteiger partial charge in [0.15, 0.2) is 0 Å². The van der Waals surface area contributed by atoms with E-state index in [4.69, 9.17) is 4.74 Å². The Kier molecular flexibility index (Phi) is 3.44. The average molecular weight is 388 g/mol. The lowest BCUT2D eigenvalue weighted by Crippen LogP contribution is -2.43. The number of hydrogen-bond acceptors (Lipinski definition) is 6. The molecular formula is C21H20N6O2. The number of methoxy groups -OCH3 is 1. The summed E-state index contributed by atoms with van der Waals surface area (Å²) in [7, 11) is 1.64. The van der Waals surface area contributed by atoms with E-state index in [0.29, 0.717) is 17.6 Å². The molecule has 0 N–H and O–H groups in total. The number of nitrogens with zero attached hydrogens (tertiary/aromatic N) is 6. The number of carbonyl (C=O) groups is 1. The molecule has 8 heteroatoms. The number of piperazine rings is 1. The molecule has 2 bridgehead atoms. The van der Waals surface area contributed by atoms with E-state index in [1.165, 1.54) is 4.80 Å². The number of carbonyl (C=O) groups excluding carboxylic acids is 1. The molecule has 4 unspecified atom stereocenters. The fraction of sp³-hybridized carbons (Fsp3) is 0.333. The van der Waals surface area contributed by atoms with Crippen molar-refractivity contribution < 1.29 is 9.53 Å². The van der Waals surface area contributed by atoms with Gasteiger partial charge in [0.05, 0.1) is 61.1 Å². The Morgan fingerprint density at radius 1 is 1.03 bits per heavy atom. The fourth-order valence-corrected chi connectivity index (χ4v) is 5.19. The van der Waals surface area contributed by atoms with Crippen molar-refractivity contribution in [2.45, 2.75) is 37.0 Å². The Labute approximate surface area is 167 Å². The Morgan fingerprint density at radius 3 is 2.41 bits per heavy atom. The predicted molar refractivity (Wildman–Crippen MR) is 105 cm³/mol. The van der Waals surface area contributed by atoms with E-state index in [1.807, 2.05) is 36.4 Å². The second-order valence-electron chi connectivity index (χ2n) is 7.70. The van der Waals surface area contributed by atoms with Gasteiger partial charge in [0.25, 0.3) is 5.91 Å². The molecule has 29 heavy (non-hydrogen) atoms. The molecule has 3 fully saturated rings. The van der Waals surface area contributed by atoms with Crippen molar-refractivity contribution in [3.63, 3.8) is 0 Å². The van der Waals surface area contributed by atoms with Crippen LogP contribution in [0.25, 0.3) is 5.69 Å². The van der Waals surface area contributed by atoms with Crippen LogP contribution in [0.15, 0.2) is 55.0 Å². The number of pyridine rings is 1. The molecule has 3 saturated heterocycles. The summed E-state index contributed by atoms with van der Waals surface area (Å²) < 4.78 is 5.21. The van der Waals surface area contributed by atoms with Gasteiger partial charge in [-0.25, -0.2) is 4.98 Å². The van der Waals surface area contributed by atoms with Gasteiger partial charge >= 0.3 is 0 Å². The van der Waals surface area contributed by atoms with Gasteiger partial charge in [0, 0.05) is 0 Å². The number of aromatic nitrogens is 4. The lowest BCUT2D eigenvalue weighted by atomic mass is 10.0. The van der Waals surface area contributed by atoms with Gasteiger partial charge in [-0.1, -0.05) is 12.1 Å². The molecule has 1 aromatic carbocycles. The zero-order valence-corrected chi connectivity index (χ0v) is 15.9. The highest BCUT2D eigenvalue weighted by Crippen LogP contribution is 2.54. The molecule has 3 aromatic rings. The van der Waals surface area contributed by atoms with E-state index in [2.05, 4.69) is 25.0 Å². The van der Waals surface area contributed by atoms with Crippen LogP contribution in [0.5, 0.6) is 5.75 Å². The Morgan fingerprint density at radius 2 is 1.76 bits per heavy atom. The van der Waals surface area contributed by atoms with E-state index in [-0.39, 0.29) is 18.0 Å². The van der Waals surface area contributed by atoms with Crippen LogP contribution in [0.4, 0.5) is 5.82 Å². The van der Waals surface area contributed by atoms with E-state index in [0.717, 1.165) is 30.1 Å². The minimum absolute atomic E-state index is 0.0697. The van der Waals surface area contributed by atoms with Crippen LogP contribution in [0.1, 0.15) is 23.2 Å². The lowest BCUT2D eigenvalue weighted by molar-refractivity contribution is 0.0711. The molecule has 1 amide bonds. The monoisotopic (exact) mass is 388 g/mol. The van der Waals surface area contributed by atoms with Crippen LogP contribution in [0, 0.1) is 0 Å². The van der Waals surface area contributed by atoms with Crippen molar-refractivity contribution >= 4 is 11.7 Å². The number of fused-ring (bicyclic) bond motifs is 5. The van der Waals surface area contributed by atoms with Gasteiger partial charge in [0.1, 0.15) is 11.6 Å². The third-order valence-electron chi connectivity index (χ3n) is 6.39. The predicted octanol–water partition coefficient (Wildman–Crippen LogP) is 1.92. The molecule has 4 atom stereocenters. The molecule has 0 radical (unpaired) electrons. The smallest absolute Gasteiger partial charge is 0.256 e. The highest BCUT2D eigenvalue weighted by Gasteiger charge is 2.69. The van der Waals surface area contributed by atoms with Crippen molar-refractivity contribution in [1.82, 2.24) is 24.9 Å². The summed E-state index contributed by atoms with van der Waals surface area (Å²) in [4.78, 5) is 24.0. The summed E-state index contributed by atoms with van der Waals surface area (Å²) in [5.41, 5.74) is 1.37. The average Bonchev–Trinajstić information content (AvgIpc) is 3.11. The second kappa shape index (κ2) is 6.04. The number of rotatable bonds is 4. The van der Waals surface area contributed by atoms with Crippen LogP contribution < -0.4 is 9.64 Å².